The summed E-state index contributed by atoms with van der Waals surface area (Å²) in [5.41, 5.74) is 0.0219. The second-order valence-corrected chi connectivity index (χ2v) is 5.67. The molecule has 0 aromatic carbocycles. The monoisotopic (exact) mass is 264 g/mol. The molecule has 1 aromatic rings. The highest BCUT2D eigenvalue weighted by Crippen LogP contribution is 2.34. The van der Waals surface area contributed by atoms with Gasteiger partial charge in [0.05, 0.1) is 19.0 Å². The molecule has 0 spiro atoms. The molecule has 0 bridgehead atoms. The van der Waals surface area contributed by atoms with Crippen molar-refractivity contribution >= 4 is 11.6 Å². The lowest BCUT2D eigenvalue weighted by molar-refractivity contribution is 0.101. The molecule has 5 nitrogen and oxygen atoms in total. The summed E-state index contributed by atoms with van der Waals surface area (Å²) in [4.78, 5) is 13.1. The fourth-order valence-electron chi connectivity index (χ4n) is 2.65. The molecular formula is C14H24N4O. The van der Waals surface area contributed by atoms with Crippen LogP contribution in [0.25, 0.3) is 0 Å². The van der Waals surface area contributed by atoms with Crippen molar-refractivity contribution in [1.29, 1.82) is 0 Å². The molecule has 1 fully saturated rings. The first kappa shape index (κ1) is 14.1. The van der Waals surface area contributed by atoms with Crippen LogP contribution in [0.5, 0.6) is 0 Å². The minimum Gasteiger partial charge on any atom is -0.396 e. The Morgan fingerprint density at radius 3 is 2.84 bits per heavy atom. The maximum atomic E-state index is 9.68. The van der Waals surface area contributed by atoms with Crippen molar-refractivity contribution in [1.82, 2.24) is 9.97 Å². The molecule has 0 saturated carbocycles. The summed E-state index contributed by atoms with van der Waals surface area (Å²) >= 11 is 0. The van der Waals surface area contributed by atoms with Gasteiger partial charge in [0.1, 0.15) is 11.6 Å². The Labute approximate surface area is 115 Å². The Balaban J connectivity index is 2.19. The average Bonchev–Trinajstić information content (AvgIpc) is 2.47. The van der Waals surface area contributed by atoms with Crippen LogP contribution in [0.2, 0.25) is 0 Å². The number of rotatable bonds is 4. The van der Waals surface area contributed by atoms with E-state index >= 15 is 0 Å². The fraction of sp³-hybridized carbons (Fsp3) is 0.714. The quantitative estimate of drug-likeness (QED) is 0.894. The Kier molecular flexibility index (Phi) is 4.24. The fourth-order valence-corrected chi connectivity index (χ4v) is 2.65. The van der Waals surface area contributed by atoms with Crippen LogP contribution in [-0.4, -0.2) is 48.9 Å². The molecule has 1 aliphatic heterocycles. The van der Waals surface area contributed by atoms with Crippen molar-refractivity contribution in [2.45, 2.75) is 26.2 Å². The third-order valence-electron chi connectivity index (χ3n) is 4.14. The molecule has 1 atom stereocenters. The molecule has 1 N–H and O–H groups in total. The normalized spacial score (nSPS) is 23.5. The number of hydrogen-bond acceptors (Lipinski definition) is 5. The van der Waals surface area contributed by atoms with E-state index < -0.39 is 0 Å². The molecule has 5 heteroatoms. The Hall–Kier alpha value is -1.36. The van der Waals surface area contributed by atoms with E-state index in [0.717, 1.165) is 44.0 Å². The van der Waals surface area contributed by atoms with Crippen molar-refractivity contribution in [3.63, 3.8) is 0 Å². The third-order valence-corrected chi connectivity index (χ3v) is 4.14. The van der Waals surface area contributed by atoms with Gasteiger partial charge in [-0.1, -0.05) is 6.92 Å². The molecule has 2 rings (SSSR count). The van der Waals surface area contributed by atoms with E-state index in [4.69, 9.17) is 0 Å². The molecule has 2 heterocycles. The van der Waals surface area contributed by atoms with E-state index in [2.05, 4.69) is 21.8 Å². The van der Waals surface area contributed by atoms with E-state index in [9.17, 15) is 5.11 Å². The van der Waals surface area contributed by atoms with Crippen molar-refractivity contribution in [3.05, 3.63) is 12.4 Å². The lowest BCUT2D eigenvalue weighted by Crippen LogP contribution is -2.45. The predicted octanol–water partition coefficient (Wildman–Crippen LogP) is 1.53. The summed E-state index contributed by atoms with van der Waals surface area (Å²) in [6.45, 7) is 4.27. The summed E-state index contributed by atoms with van der Waals surface area (Å²) in [5.74, 6) is 1.78. The standard InChI is InChI=1S/C14H24N4O/c1-4-14(11-19)6-5-7-18(10-14)13-9-15-8-12(16-13)17(2)3/h8-9,19H,4-7,10-11H2,1-3H3. The highest BCUT2D eigenvalue weighted by Gasteiger charge is 2.33. The van der Waals surface area contributed by atoms with Gasteiger partial charge < -0.3 is 14.9 Å². The van der Waals surface area contributed by atoms with Crippen LogP contribution < -0.4 is 9.80 Å². The van der Waals surface area contributed by atoms with E-state index in [1.165, 1.54) is 0 Å². The molecule has 0 amide bonds. The van der Waals surface area contributed by atoms with Crippen LogP contribution in [-0.2, 0) is 0 Å². The molecular weight excluding hydrogens is 240 g/mol. The summed E-state index contributed by atoms with van der Waals surface area (Å²) in [5, 5.41) is 9.68. The van der Waals surface area contributed by atoms with Gasteiger partial charge in [-0.25, -0.2) is 4.98 Å². The zero-order valence-electron chi connectivity index (χ0n) is 12.1. The predicted molar refractivity (Wildman–Crippen MR) is 77.6 cm³/mol. The summed E-state index contributed by atoms with van der Waals surface area (Å²) in [7, 11) is 3.93. The van der Waals surface area contributed by atoms with Gasteiger partial charge in [-0.15, -0.1) is 0 Å². The van der Waals surface area contributed by atoms with Crippen LogP contribution in [0.1, 0.15) is 26.2 Å². The molecule has 1 unspecified atom stereocenters. The van der Waals surface area contributed by atoms with Gasteiger partial charge in [0, 0.05) is 32.6 Å². The molecule has 0 radical (unpaired) electrons. The van der Waals surface area contributed by atoms with Crippen molar-refractivity contribution < 1.29 is 5.11 Å². The summed E-state index contributed by atoms with van der Waals surface area (Å²) < 4.78 is 0. The topological polar surface area (TPSA) is 52.5 Å². The highest BCUT2D eigenvalue weighted by molar-refractivity contribution is 5.45. The van der Waals surface area contributed by atoms with Gasteiger partial charge in [0.25, 0.3) is 0 Å². The van der Waals surface area contributed by atoms with Crippen molar-refractivity contribution in [2.24, 2.45) is 5.41 Å². The van der Waals surface area contributed by atoms with E-state index in [0.29, 0.717) is 0 Å². The van der Waals surface area contributed by atoms with Gasteiger partial charge in [0.2, 0.25) is 0 Å². The number of anilines is 2. The maximum absolute atomic E-state index is 9.68. The summed E-state index contributed by atoms with van der Waals surface area (Å²) in [6, 6.07) is 0. The first-order valence-electron chi connectivity index (χ1n) is 6.95. The molecule has 1 aliphatic rings. The van der Waals surface area contributed by atoms with E-state index in [1.807, 2.05) is 25.2 Å². The Morgan fingerprint density at radius 1 is 1.42 bits per heavy atom. The van der Waals surface area contributed by atoms with E-state index in [1.54, 1.807) is 6.20 Å². The lowest BCUT2D eigenvalue weighted by Gasteiger charge is -2.41. The molecule has 19 heavy (non-hydrogen) atoms. The number of aliphatic hydroxyl groups excluding tert-OH is 1. The smallest absolute Gasteiger partial charge is 0.149 e. The number of aliphatic hydroxyl groups is 1. The number of hydrogen-bond donors (Lipinski definition) is 1. The average molecular weight is 264 g/mol. The van der Waals surface area contributed by atoms with Crippen LogP contribution in [0.3, 0.4) is 0 Å². The van der Waals surface area contributed by atoms with Crippen molar-refractivity contribution in [3.8, 4) is 0 Å². The highest BCUT2D eigenvalue weighted by atomic mass is 16.3. The summed E-state index contributed by atoms with van der Waals surface area (Å²) in [6.07, 6.45) is 6.78. The third kappa shape index (κ3) is 2.97. The molecule has 1 saturated heterocycles. The van der Waals surface area contributed by atoms with Gasteiger partial charge >= 0.3 is 0 Å². The van der Waals surface area contributed by atoms with Gasteiger partial charge in [-0.2, -0.15) is 0 Å². The molecule has 0 aliphatic carbocycles. The van der Waals surface area contributed by atoms with Gasteiger partial charge in [0.15, 0.2) is 0 Å². The van der Waals surface area contributed by atoms with Crippen LogP contribution in [0.15, 0.2) is 12.4 Å². The van der Waals surface area contributed by atoms with Crippen LogP contribution in [0.4, 0.5) is 11.6 Å². The number of nitrogens with zero attached hydrogens (tertiary/aromatic N) is 4. The zero-order valence-corrected chi connectivity index (χ0v) is 12.1. The van der Waals surface area contributed by atoms with Gasteiger partial charge in [-0.3, -0.25) is 4.98 Å². The minimum absolute atomic E-state index is 0.0219. The first-order valence-corrected chi connectivity index (χ1v) is 6.95. The maximum Gasteiger partial charge on any atom is 0.149 e. The first-order chi connectivity index (χ1) is 9.10. The number of piperidine rings is 1. The largest absolute Gasteiger partial charge is 0.396 e. The van der Waals surface area contributed by atoms with Crippen molar-refractivity contribution in [2.75, 3.05) is 43.6 Å². The Morgan fingerprint density at radius 2 is 2.21 bits per heavy atom. The SMILES string of the molecule is CCC1(CO)CCCN(c2cncc(N(C)C)n2)C1. The zero-order chi connectivity index (χ0) is 13.9. The van der Waals surface area contributed by atoms with Crippen LogP contribution in [0, 0.1) is 5.41 Å². The second kappa shape index (κ2) is 5.74. The van der Waals surface area contributed by atoms with Crippen LogP contribution >= 0.6 is 0 Å². The lowest BCUT2D eigenvalue weighted by atomic mass is 9.78. The number of aromatic nitrogens is 2. The van der Waals surface area contributed by atoms with E-state index in [-0.39, 0.29) is 12.0 Å². The minimum atomic E-state index is 0.0219. The molecule has 1 aromatic heterocycles. The second-order valence-electron chi connectivity index (χ2n) is 5.67. The Bertz CT molecular complexity index is 418. The molecule has 106 valence electrons. The van der Waals surface area contributed by atoms with Gasteiger partial charge in [-0.05, 0) is 19.3 Å².